The van der Waals surface area contributed by atoms with Crippen LogP contribution in [0.4, 0.5) is 0 Å². The van der Waals surface area contributed by atoms with E-state index in [1.165, 1.54) is 4.70 Å². The molecule has 1 saturated heterocycles. The molecule has 2 aliphatic rings. The van der Waals surface area contributed by atoms with Crippen LogP contribution in [0.5, 0.6) is 0 Å². The molecule has 1 fully saturated rings. The van der Waals surface area contributed by atoms with Gasteiger partial charge in [0.15, 0.2) is 4.34 Å². The van der Waals surface area contributed by atoms with Crippen LogP contribution in [-0.4, -0.2) is 33.2 Å². The highest BCUT2D eigenvalue weighted by atomic mass is 32.2. The Morgan fingerprint density at radius 2 is 2.07 bits per heavy atom. The van der Waals surface area contributed by atoms with Crippen LogP contribution < -0.4 is 0 Å². The van der Waals surface area contributed by atoms with E-state index in [0.717, 1.165) is 21.1 Å². The minimum Gasteiger partial charge on any atom is -0.311 e. The molecule has 0 spiro atoms. The molecule has 0 saturated carbocycles. The predicted molar refractivity (Wildman–Crippen MR) is 125 cm³/mol. The number of carbonyl (C=O) groups excluding carboxylic acids is 1. The van der Waals surface area contributed by atoms with Gasteiger partial charge in [-0.2, -0.15) is 0 Å². The van der Waals surface area contributed by atoms with Crippen molar-refractivity contribution in [3.05, 3.63) is 35.5 Å². The first-order valence-electron chi connectivity index (χ1n) is 9.75. The topological polar surface area (TPSA) is 33.2 Å². The second-order valence-corrected chi connectivity index (χ2v) is 10.2. The second-order valence-electron chi connectivity index (χ2n) is 6.91. The number of amides is 1. The fourth-order valence-electron chi connectivity index (χ4n) is 3.97. The number of hydrogen-bond acceptors (Lipinski definition) is 4. The number of para-hydroxylation sites is 1. The molecule has 28 heavy (non-hydrogen) atoms. The maximum Gasteiger partial charge on any atom is 0.232 e. The third-order valence-electron chi connectivity index (χ3n) is 5.24. The molecule has 0 radical (unpaired) electrons. The summed E-state index contributed by atoms with van der Waals surface area (Å²) in [5, 5.41) is 0. The van der Waals surface area contributed by atoms with Crippen molar-refractivity contribution in [2.75, 3.05) is 5.75 Å². The van der Waals surface area contributed by atoms with Crippen LogP contribution in [0.3, 0.4) is 0 Å². The Labute approximate surface area is 178 Å². The number of rotatable bonds is 3. The molecule has 2 aromatic rings. The lowest BCUT2D eigenvalue weighted by Crippen LogP contribution is -2.61. The van der Waals surface area contributed by atoms with Crippen LogP contribution in [0.15, 0.2) is 39.9 Å². The van der Waals surface area contributed by atoms with E-state index in [9.17, 15) is 4.79 Å². The zero-order valence-electron chi connectivity index (χ0n) is 17.0. The van der Waals surface area contributed by atoms with Crippen LogP contribution in [-0.2, 0) is 4.79 Å². The summed E-state index contributed by atoms with van der Waals surface area (Å²) in [6, 6.07) is 8.49. The van der Waals surface area contributed by atoms with Crippen LogP contribution >= 0.6 is 32.3 Å². The van der Waals surface area contributed by atoms with Gasteiger partial charge in [0.2, 0.25) is 5.91 Å². The Hall–Kier alpha value is -1.34. The minimum atomic E-state index is 0.112. The molecule has 1 aromatic carbocycles. The van der Waals surface area contributed by atoms with E-state index in [2.05, 4.69) is 46.0 Å². The highest BCUT2D eigenvalue weighted by Crippen LogP contribution is 2.47. The van der Waals surface area contributed by atoms with Gasteiger partial charge in [-0.3, -0.25) is 4.79 Å². The van der Waals surface area contributed by atoms with Gasteiger partial charge in [-0.05, 0) is 24.7 Å². The quantitative estimate of drug-likeness (QED) is 0.282. The van der Waals surface area contributed by atoms with Gasteiger partial charge in [0.25, 0.3) is 0 Å². The molecule has 1 amide bonds. The molecule has 5 atom stereocenters. The number of hydrogen-bond donors (Lipinski definition) is 0. The van der Waals surface area contributed by atoms with Gasteiger partial charge in [-0.15, -0.1) is 20.6 Å². The molecular weight excluding hydrogens is 403 g/mol. The standard InChI is InChI=1S/C20H21N2OPS2.C2H6/c1-11-14(12(2)22-18(11)17(13(3)24)19(22)23)7-6-10-25-20-21-15-8-4-5-9-16(15)26-20;1-2/h4-5,8-9,11,13,17-18H,10,24H2,1-3H3;1-2H3/t11-,13+,17+,18+;/m0./s1. The number of allylic oxidation sites excluding steroid dienone is 1. The molecule has 4 rings (SSSR count). The lowest BCUT2D eigenvalue weighted by Gasteiger charge is -2.47. The van der Waals surface area contributed by atoms with Gasteiger partial charge in [0.05, 0.1) is 27.9 Å². The maximum absolute atomic E-state index is 12.4. The number of fused-ring (bicyclic) bond motifs is 2. The van der Waals surface area contributed by atoms with E-state index in [1.54, 1.807) is 23.1 Å². The van der Waals surface area contributed by atoms with Crippen molar-refractivity contribution in [2.24, 2.45) is 11.8 Å². The van der Waals surface area contributed by atoms with Crippen molar-refractivity contribution in [1.82, 2.24) is 9.88 Å². The first-order chi connectivity index (χ1) is 13.5. The zero-order chi connectivity index (χ0) is 20.4. The van der Waals surface area contributed by atoms with Crippen molar-refractivity contribution in [3.63, 3.8) is 0 Å². The molecule has 6 heteroatoms. The van der Waals surface area contributed by atoms with Gasteiger partial charge >= 0.3 is 0 Å². The zero-order valence-corrected chi connectivity index (χ0v) is 19.8. The van der Waals surface area contributed by atoms with Gasteiger partial charge in [-0.25, -0.2) is 4.98 Å². The lowest BCUT2D eigenvalue weighted by molar-refractivity contribution is -0.152. The Morgan fingerprint density at radius 1 is 1.36 bits per heavy atom. The average Bonchev–Trinajstić information content (AvgIpc) is 3.17. The summed E-state index contributed by atoms with van der Waals surface area (Å²) in [5.74, 6) is 8.04. The SMILES string of the molecule is CC.CC1=C(C#CCSc2nc3ccccc3s2)[C@H](C)[C@@H]2[C@@H]([C@@H](C)P)C(=O)N12. The summed E-state index contributed by atoms with van der Waals surface area (Å²) in [5.41, 5.74) is 3.53. The van der Waals surface area contributed by atoms with Gasteiger partial charge in [0.1, 0.15) is 0 Å². The van der Waals surface area contributed by atoms with Crippen LogP contribution in [0.2, 0.25) is 0 Å². The number of benzene rings is 1. The summed E-state index contributed by atoms with van der Waals surface area (Å²) in [6.45, 7) is 10.3. The van der Waals surface area contributed by atoms with Crippen molar-refractivity contribution in [1.29, 1.82) is 0 Å². The van der Waals surface area contributed by atoms with Crippen molar-refractivity contribution >= 4 is 48.5 Å². The van der Waals surface area contributed by atoms with Gasteiger partial charge < -0.3 is 4.90 Å². The summed E-state index contributed by atoms with van der Waals surface area (Å²) in [4.78, 5) is 19.0. The molecule has 0 aliphatic carbocycles. The molecule has 0 N–H and O–H groups in total. The minimum absolute atomic E-state index is 0.112. The Morgan fingerprint density at radius 3 is 2.75 bits per heavy atom. The second kappa shape index (κ2) is 8.99. The molecule has 148 valence electrons. The number of β-lactam (4-membered cyclic amide) rings is 1. The highest BCUT2D eigenvalue weighted by Gasteiger charge is 2.56. The third kappa shape index (κ3) is 3.75. The number of carbonyl (C=O) groups is 1. The summed E-state index contributed by atoms with van der Waals surface area (Å²) in [6.07, 6.45) is 0. The van der Waals surface area contributed by atoms with Crippen LogP contribution in [0.1, 0.15) is 34.6 Å². The third-order valence-corrected chi connectivity index (χ3v) is 7.72. The Bertz CT molecular complexity index is 937. The maximum atomic E-state index is 12.4. The molecule has 1 unspecified atom stereocenters. The summed E-state index contributed by atoms with van der Waals surface area (Å²) in [7, 11) is 2.78. The van der Waals surface area contributed by atoms with E-state index in [4.69, 9.17) is 0 Å². The van der Waals surface area contributed by atoms with E-state index < -0.39 is 0 Å². The van der Waals surface area contributed by atoms with Gasteiger partial charge in [-0.1, -0.05) is 63.4 Å². The molecule has 0 bridgehead atoms. The summed E-state index contributed by atoms with van der Waals surface area (Å²) < 4.78 is 2.27. The highest BCUT2D eigenvalue weighted by molar-refractivity contribution is 8.01. The molecule has 3 nitrogen and oxygen atoms in total. The average molecular weight is 431 g/mol. The van der Waals surface area contributed by atoms with Gasteiger partial charge in [0, 0.05) is 17.2 Å². The number of nitrogens with zero attached hydrogens (tertiary/aromatic N) is 2. The number of thioether (sulfide) groups is 1. The first kappa shape index (κ1) is 21.4. The normalized spacial score (nSPS) is 24.1. The Balaban J connectivity index is 0.00000109. The number of thiazole rings is 1. The van der Waals surface area contributed by atoms with E-state index in [1.807, 2.05) is 43.9 Å². The van der Waals surface area contributed by atoms with E-state index in [-0.39, 0.29) is 17.9 Å². The smallest absolute Gasteiger partial charge is 0.232 e. The predicted octanol–water partition coefficient (Wildman–Crippen LogP) is 5.43. The first-order valence-corrected chi connectivity index (χ1v) is 12.2. The Kier molecular flexibility index (Phi) is 6.86. The lowest BCUT2D eigenvalue weighted by atomic mass is 9.79. The largest absolute Gasteiger partial charge is 0.311 e. The van der Waals surface area contributed by atoms with Crippen molar-refractivity contribution < 1.29 is 4.79 Å². The molecule has 3 heterocycles. The fraction of sp³-hybridized carbons (Fsp3) is 0.455. The molecular formula is C22H27N2OPS2. The fourth-order valence-corrected chi connectivity index (χ4v) is 6.17. The van der Waals surface area contributed by atoms with Crippen molar-refractivity contribution in [2.45, 2.75) is 50.7 Å². The molecule has 2 aliphatic heterocycles. The molecule has 1 aromatic heterocycles. The van der Waals surface area contributed by atoms with E-state index >= 15 is 0 Å². The van der Waals surface area contributed by atoms with Crippen molar-refractivity contribution in [3.8, 4) is 11.8 Å². The van der Waals surface area contributed by atoms with Crippen LogP contribution in [0.25, 0.3) is 10.2 Å². The summed E-state index contributed by atoms with van der Waals surface area (Å²) >= 11 is 3.39. The van der Waals surface area contributed by atoms with Crippen LogP contribution in [0, 0.1) is 23.7 Å². The van der Waals surface area contributed by atoms with E-state index in [0.29, 0.717) is 17.3 Å². The number of aromatic nitrogens is 1. The monoisotopic (exact) mass is 430 g/mol.